The molecule has 0 amide bonds. The normalized spacial score (nSPS) is 9.74. The third-order valence-corrected chi connectivity index (χ3v) is 3.57. The molecule has 118 valence electrons. The van der Waals surface area contributed by atoms with Crippen LogP contribution in [0, 0.1) is 25.7 Å². The number of phenols is 1. The maximum absolute atomic E-state index is 12.5. The van der Waals surface area contributed by atoms with Crippen LogP contribution in [0.25, 0.3) is 0 Å². The molecule has 0 heterocycles. The SMILES string of the molecule is COc1c(C)c(O)c(C(=O)C#Cc2ccccc2)c(OC)c1C. The Hall–Kier alpha value is -2.93. The van der Waals surface area contributed by atoms with E-state index in [1.807, 2.05) is 30.3 Å². The lowest BCUT2D eigenvalue weighted by Crippen LogP contribution is -2.05. The number of rotatable bonds is 3. The van der Waals surface area contributed by atoms with Crippen LogP contribution < -0.4 is 9.47 Å². The van der Waals surface area contributed by atoms with Gasteiger partial charge in [-0.2, -0.15) is 0 Å². The van der Waals surface area contributed by atoms with Crippen LogP contribution in [0.3, 0.4) is 0 Å². The highest BCUT2D eigenvalue weighted by Crippen LogP contribution is 2.42. The highest BCUT2D eigenvalue weighted by molar-refractivity contribution is 6.13. The van der Waals surface area contributed by atoms with Crippen LogP contribution in [0.1, 0.15) is 27.0 Å². The number of ether oxygens (including phenoxy) is 2. The van der Waals surface area contributed by atoms with E-state index in [0.29, 0.717) is 16.9 Å². The standard InChI is InChI=1S/C19H18O4/c1-12-17(21)16(19(23-4)13(2)18(12)22-3)15(20)11-10-14-8-6-5-7-9-14/h5-9,21H,1-4H3. The second-order valence-electron chi connectivity index (χ2n) is 4.99. The molecule has 4 heteroatoms. The minimum Gasteiger partial charge on any atom is -0.507 e. The molecule has 4 nitrogen and oxygen atoms in total. The van der Waals surface area contributed by atoms with Gasteiger partial charge >= 0.3 is 0 Å². The lowest BCUT2D eigenvalue weighted by Gasteiger charge is -2.17. The molecule has 2 rings (SSSR count). The molecule has 23 heavy (non-hydrogen) atoms. The smallest absolute Gasteiger partial charge is 0.243 e. The van der Waals surface area contributed by atoms with Gasteiger partial charge in [0.25, 0.3) is 0 Å². The highest BCUT2D eigenvalue weighted by Gasteiger charge is 2.24. The predicted octanol–water partition coefficient (Wildman–Crippen LogP) is 3.26. The number of carbonyl (C=O) groups is 1. The van der Waals surface area contributed by atoms with E-state index in [9.17, 15) is 9.90 Å². The fraction of sp³-hybridized carbons (Fsp3) is 0.211. The molecular weight excluding hydrogens is 292 g/mol. The van der Waals surface area contributed by atoms with E-state index < -0.39 is 5.78 Å². The van der Waals surface area contributed by atoms with Crippen LogP contribution >= 0.6 is 0 Å². The summed E-state index contributed by atoms with van der Waals surface area (Å²) in [7, 11) is 2.95. The first-order valence-corrected chi connectivity index (χ1v) is 7.06. The van der Waals surface area contributed by atoms with Crippen molar-refractivity contribution < 1.29 is 19.4 Å². The summed E-state index contributed by atoms with van der Waals surface area (Å²) in [6, 6.07) is 9.17. The van der Waals surface area contributed by atoms with Crippen molar-refractivity contribution in [1.29, 1.82) is 0 Å². The summed E-state index contributed by atoms with van der Waals surface area (Å²) in [5.74, 6) is 5.44. The van der Waals surface area contributed by atoms with Gasteiger partial charge in [-0.3, -0.25) is 4.79 Å². The van der Waals surface area contributed by atoms with Gasteiger partial charge in [0.2, 0.25) is 5.78 Å². The van der Waals surface area contributed by atoms with Gasteiger partial charge in [-0.25, -0.2) is 0 Å². The number of ketones is 1. The maximum Gasteiger partial charge on any atom is 0.243 e. The maximum atomic E-state index is 12.5. The van der Waals surface area contributed by atoms with Gasteiger partial charge < -0.3 is 14.6 Å². The molecule has 0 aromatic heterocycles. The molecule has 2 aromatic carbocycles. The third-order valence-electron chi connectivity index (χ3n) is 3.57. The molecule has 1 N–H and O–H groups in total. The average molecular weight is 310 g/mol. The van der Waals surface area contributed by atoms with Crippen molar-refractivity contribution in [3.8, 4) is 29.1 Å². The number of hydrogen-bond acceptors (Lipinski definition) is 4. The fourth-order valence-electron chi connectivity index (χ4n) is 2.46. The molecule has 0 spiro atoms. The van der Waals surface area contributed by atoms with Crippen LogP contribution in [0.15, 0.2) is 30.3 Å². The minimum atomic E-state index is -0.503. The van der Waals surface area contributed by atoms with Gasteiger partial charge in [-0.15, -0.1) is 0 Å². The topological polar surface area (TPSA) is 55.8 Å². The number of benzene rings is 2. The Morgan fingerprint density at radius 1 is 1.00 bits per heavy atom. The molecule has 0 atom stereocenters. The van der Waals surface area contributed by atoms with E-state index in [-0.39, 0.29) is 17.1 Å². The van der Waals surface area contributed by atoms with Gasteiger partial charge in [0.05, 0.1) is 14.2 Å². The van der Waals surface area contributed by atoms with Crippen LogP contribution in [-0.4, -0.2) is 25.1 Å². The molecule has 0 radical (unpaired) electrons. The first kappa shape index (κ1) is 16.4. The van der Waals surface area contributed by atoms with Gasteiger partial charge in [-0.1, -0.05) is 24.1 Å². The number of methoxy groups -OCH3 is 2. The van der Waals surface area contributed by atoms with Gasteiger partial charge in [0.15, 0.2) is 0 Å². The fourth-order valence-corrected chi connectivity index (χ4v) is 2.46. The first-order chi connectivity index (χ1) is 11.0. The van der Waals surface area contributed by atoms with Crippen molar-refractivity contribution >= 4 is 5.78 Å². The van der Waals surface area contributed by atoms with E-state index in [2.05, 4.69) is 11.8 Å². The predicted molar refractivity (Wildman–Crippen MR) is 88.3 cm³/mol. The molecule has 0 bridgehead atoms. The number of hydrogen-bond donors (Lipinski definition) is 1. The number of carbonyl (C=O) groups excluding carboxylic acids is 1. The van der Waals surface area contributed by atoms with Crippen molar-refractivity contribution in [2.45, 2.75) is 13.8 Å². The summed E-state index contributed by atoms with van der Waals surface area (Å²) in [4.78, 5) is 12.5. The largest absolute Gasteiger partial charge is 0.507 e. The van der Waals surface area contributed by atoms with Crippen molar-refractivity contribution in [2.75, 3.05) is 14.2 Å². The van der Waals surface area contributed by atoms with Crippen LogP contribution in [-0.2, 0) is 0 Å². The highest BCUT2D eigenvalue weighted by atomic mass is 16.5. The molecule has 0 fully saturated rings. The molecule has 0 saturated carbocycles. The Kier molecular flexibility index (Phi) is 4.92. The zero-order valence-corrected chi connectivity index (χ0v) is 13.6. The monoisotopic (exact) mass is 310 g/mol. The summed E-state index contributed by atoms with van der Waals surface area (Å²) in [6.07, 6.45) is 0. The van der Waals surface area contributed by atoms with Gasteiger partial charge in [0, 0.05) is 16.7 Å². The van der Waals surface area contributed by atoms with Crippen molar-refractivity contribution in [3.05, 3.63) is 52.6 Å². The third kappa shape index (κ3) is 3.14. The molecule has 0 aliphatic rings. The van der Waals surface area contributed by atoms with Crippen LogP contribution in [0.2, 0.25) is 0 Å². The van der Waals surface area contributed by atoms with E-state index in [4.69, 9.17) is 9.47 Å². The molecule has 0 aliphatic heterocycles. The second kappa shape index (κ2) is 6.89. The van der Waals surface area contributed by atoms with Gasteiger partial charge in [0.1, 0.15) is 22.8 Å². The van der Waals surface area contributed by atoms with Crippen molar-refractivity contribution in [2.24, 2.45) is 0 Å². The number of phenolic OH excluding ortho intramolecular Hbond substituents is 1. The Bertz CT molecular complexity index is 796. The van der Waals surface area contributed by atoms with Crippen LogP contribution in [0.5, 0.6) is 17.2 Å². The zero-order chi connectivity index (χ0) is 17.0. The molecule has 2 aromatic rings. The van der Waals surface area contributed by atoms with Crippen LogP contribution in [0.4, 0.5) is 0 Å². The van der Waals surface area contributed by atoms with E-state index in [1.165, 1.54) is 14.2 Å². The van der Waals surface area contributed by atoms with E-state index in [1.54, 1.807) is 13.8 Å². The Balaban J connectivity index is 2.55. The molecule has 0 aliphatic carbocycles. The molecular formula is C19H18O4. The lowest BCUT2D eigenvalue weighted by atomic mass is 9.99. The number of aromatic hydroxyl groups is 1. The number of Topliss-reactive ketones (excluding diaryl/α,β-unsaturated/α-hetero) is 1. The summed E-state index contributed by atoms with van der Waals surface area (Å²) in [5.41, 5.74) is 1.92. The Morgan fingerprint density at radius 2 is 1.61 bits per heavy atom. The average Bonchev–Trinajstić information content (AvgIpc) is 2.57. The summed E-state index contributed by atoms with van der Waals surface area (Å²) in [6.45, 7) is 3.45. The lowest BCUT2D eigenvalue weighted by molar-refractivity contribution is 0.105. The summed E-state index contributed by atoms with van der Waals surface area (Å²) < 4.78 is 10.6. The second-order valence-corrected chi connectivity index (χ2v) is 4.99. The Labute approximate surface area is 135 Å². The first-order valence-electron chi connectivity index (χ1n) is 7.06. The van der Waals surface area contributed by atoms with Gasteiger partial charge in [-0.05, 0) is 31.9 Å². The molecule has 0 saturated heterocycles. The van der Waals surface area contributed by atoms with Crippen molar-refractivity contribution in [1.82, 2.24) is 0 Å². The van der Waals surface area contributed by atoms with E-state index in [0.717, 1.165) is 5.56 Å². The van der Waals surface area contributed by atoms with E-state index >= 15 is 0 Å². The quantitative estimate of drug-likeness (QED) is 0.698. The van der Waals surface area contributed by atoms with Crippen molar-refractivity contribution in [3.63, 3.8) is 0 Å². The Morgan fingerprint density at radius 3 is 2.17 bits per heavy atom. The minimum absolute atomic E-state index is 0.0618. The summed E-state index contributed by atoms with van der Waals surface area (Å²) >= 11 is 0. The zero-order valence-electron chi connectivity index (χ0n) is 13.6. The summed E-state index contributed by atoms with van der Waals surface area (Å²) in [5, 5.41) is 10.4. The molecule has 0 unspecified atom stereocenters.